The first-order chi connectivity index (χ1) is 10.8. The van der Waals surface area contributed by atoms with Gasteiger partial charge in [-0.25, -0.2) is 0 Å². The summed E-state index contributed by atoms with van der Waals surface area (Å²) in [5, 5.41) is 0. The van der Waals surface area contributed by atoms with E-state index in [-0.39, 0.29) is 0 Å². The Kier molecular flexibility index (Phi) is 8.63. The molecule has 0 heterocycles. The minimum atomic E-state index is 1.06. The van der Waals surface area contributed by atoms with Gasteiger partial charge in [-0.1, -0.05) is 76.4 Å². The summed E-state index contributed by atoms with van der Waals surface area (Å²) in [6, 6.07) is 0. The molecule has 0 aliphatic heterocycles. The molecule has 0 amide bonds. The van der Waals surface area contributed by atoms with Crippen molar-refractivity contribution in [3.63, 3.8) is 0 Å². The van der Waals surface area contributed by atoms with Crippen LogP contribution in [0.15, 0.2) is 11.1 Å². The molecule has 2 fully saturated rings. The van der Waals surface area contributed by atoms with Crippen LogP contribution in [-0.4, -0.2) is 0 Å². The van der Waals surface area contributed by atoms with E-state index in [1.165, 1.54) is 103 Å². The lowest BCUT2D eigenvalue weighted by Crippen LogP contribution is -2.13. The van der Waals surface area contributed by atoms with Crippen molar-refractivity contribution in [2.24, 2.45) is 11.8 Å². The van der Waals surface area contributed by atoms with E-state index in [1.807, 2.05) is 11.1 Å². The van der Waals surface area contributed by atoms with Crippen molar-refractivity contribution in [2.45, 2.75) is 117 Å². The maximum atomic E-state index is 2.32. The van der Waals surface area contributed by atoms with E-state index >= 15 is 0 Å². The summed E-state index contributed by atoms with van der Waals surface area (Å²) in [7, 11) is 0. The molecular formula is C22H40. The number of unbranched alkanes of at least 4 members (excludes halogenated alkanes) is 4. The lowest BCUT2D eigenvalue weighted by atomic mass is 9.76. The van der Waals surface area contributed by atoms with E-state index in [9.17, 15) is 0 Å². The number of allylic oxidation sites excluding steroid dienone is 2. The lowest BCUT2D eigenvalue weighted by Gasteiger charge is -2.30. The molecule has 0 aromatic heterocycles. The van der Waals surface area contributed by atoms with Gasteiger partial charge < -0.3 is 0 Å². The molecule has 0 aromatic rings. The van der Waals surface area contributed by atoms with Crippen molar-refractivity contribution >= 4 is 0 Å². The fourth-order valence-electron chi connectivity index (χ4n) is 4.70. The predicted octanol–water partition coefficient (Wildman–Crippen LogP) is 7.82. The highest BCUT2D eigenvalue weighted by atomic mass is 14.3. The first-order valence-corrected chi connectivity index (χ1v) is 10.5. The molecule has 0 spiro atoms. The van der Waals surface area contributed by atoms with Crippen LogP contribution in [-0.2, 0) is 0 Å². The molecule has 22 heavy (non-hydrogen) atoms. The van der Waals surface area contributed by atoms with E-state index in [1.54, 1.807) is 0 Å². The normalized spacial score (nSPS) is 26.5. The van der Waals surface area contributed by atoms with Gasteiger partial charge in [-0.3, -0.25) is 0 Å². The fraction of sp³-hybridized carbons (Fsp3) is 0.909. The SMILES string of the molecule is CCCCCC1CCC(=C2CCC(CCCCC)CC2)CC1. The van der Waals surface area contributed by atoms with Gasteiger partial charge in [0.15, 0.2) is 0 Å². The monoisotopic (exact) mass is 304 g/mol. The van der Waals surface area contributed by atoms with Gasteiger partial charge in [-0.2, -0.15) is 0 Å². The molecule has 2 aliphatic carbocycles. The summed E-state index contributed by atoms with van der Waals surface area (Å²) in [5.74, 6) is 2.11. The summed E-state index contributed by atoms with van der Waals surface area (Å²) >= 11 is 0. The van der Waals surface area contributed by atoms with E-state index < -0.39 is 0 Å². The fourth-order valence-corrected chi connectivity index (χ4v) is 4.70. The molecule has 0 saturated heterocycles. The highest BCUT2D eigenvalue weighted by Gasteiger charge is 2.22. The van der Waals surface area contributed by atoms with Crippen LogP contribution in [0.25, 0.3) is 0 Å². The Morgan fingerprint density at radius 1 is 0.591 bits per heavy atom. The van der Waals surface area contributed by atoms with Crippen LogP contribution in [0, 0.1) is 11.8 Å². The minimum Gasteiger partial charge on any atom is -0.0710 e. The highest BCUT2D eigenvalue weighted by molar-refractivity contribution is 5.18. The van der Waals surface area contributed by atoms with E-state index in [0.29, 0.717) is 0 Å². The maximum absolute atomic E-state index is 2.32. The Balaban J connectivity index is 1.66. The third-order valence-corrected chi connectivity index (χ3v) is 6.35. The van der Waals surface area contributed by atoms with Gasteiger partial charge >= 0.3 is 0 Å². The van der Waals surface area contributed by atoms with Crippen molar-refractivity contribution in [1.29, 1.82) is 0 Å². The van der Waals surface area contributed by atoms with Crippen molar-refractivity contribution < 1.29 is 0 Å². The highest BCUT2D eigenvalue weighted by Crippen LogP contribution is 2.39. The quantitative estimate of drug-likeness (QED) is 0.316. The van der Waals surface area contributed by atoms with Crippen LogP contribution < -0.4 is 0 Å². The Morgan fingerprint density at radius 2 is 0.955 bits per heavy atom. The minimum absolute atomic E-state index is 1.06. The van der Waals surface area contributed by atoms with E-state index in [0.717, 1.165) is 11.8 Å². The van der Waals surface area contributed by atoms with E-state index in [2.05, 4.69) is 13.8 Å². The van der Waals surface area contributed by atoms with Crippen molar-refractivity contribution in [3.8, 4) is 0 Å². The molecule has 0 N–H and O–H groups in total. The molecule has 128 valence electrons. The standard InChI is InChI=1S/C22H40/c1-3-5-7-9-19-11-15-21(16-12-19)22-17-13-20(14-18-22)10-8-6-4-2/h19-20H,3-18H2,1-2H3. The van der Waals surface area contributed by atoms with Crippen LogP contribution >= 0.6 is 0 Å². The second-order valence-corrected chi connectivity index (χ2v) is 8.09. The van der Waals surface area contributed by atoms with Gasteiger partial charge in [0.1, 0.15) is 0 Å². The zero-order valence-electron chi connectivity index (χ0n) is 15.5. The molecule has 0 bridgehead atoms. The Morgan fingerprint density at radius 3 is 1.27 bits per heavy atom. The topological polar surface area (TPSA) is 0 Å². The van der Waals surface area contributed by atoms with Gasteiger partial charge in [-0.05, 0) is 63.2 Å². The summed E-state index contributed by atoms with van der Waals surface area (Å²) in [5.41, 5.74) is 3.80. The average molecular weight is 305 g/mol. The maximum Gasteiger partial charge on any atom is -0.0315 e. The summed E-state index contributed by atoms with van der Waals surface area (Å²) < 4.78 is 0. The molecule has 0 nitrogen and oxygen atoms in total. The lowest BCUT2D eigenvalue weighted by molar-refractivity contribution is 0.348. The Bertz CT molecular complexity index is 273. The number of rotatable bonds is 8. The van der Waals surface area contributed by atoms with Crippen LogP contribution in [0.1, 0.15) is 117 Å². The zero-order chi connectivity index (χ0) is 15.6. The number of hydrogen-bond donors (Lipinski definition) is 0. The predicted molar refractivity (Wildman–Crippen MR) is 99.2 cm³/mol. The van der Waals surface area contributed by atoms with Gasteiger partial charge in [0.05, 0.1) is 0 Å². The smallest absolute Gasteiger partial charge is 0.0315 e. The zero-order valence-corrected chi connectivity index (χ0v) is 15.5. The average Bonchev–Trinajstić information content (AvgIpc) is 2.57. The second-order valence-electron chi connectivity index (χ2n) is 8.09. The van der Waals surface area contributed by atoms with Crippen LogP contribution in [0.5, 0.6) is 0 Å². The first kappa shape index (κ1) is 18.1. The Hall–Kier alpha value is -0.260. The van der Waals surface area contributed by atoms with Crippen molar-refractivity contribution in [3.05, 3.63) is 11.1 Å². The summed E-state index contributed by atoms with van der Waals surface area (Å²) in [6.45, 7) is 4.64. The molecule has 0 radical (unpaired) electrons. The van der Waals surface area contributed by atoms with E-state index in [4.69, 9.17) is 0 Å². The Labute approximate surface area is 140 Å². The van der Waals surface area contributed by atoms with Crippen molar-refractivity contribution in [2.75, 3.05) is 0 Å². The number of hydrogen-bond acceptors (Lipinski definition) is 0. The molecule has 0 atom stereocenters. The summed E-state index contributed by atoms with van der Waals surface area (Å²) in [4.78, 5) is 0. The first-order valence-electron chi connectivity index (χ1n) is 10.5. The van der Waals surface area contributed by atoms with Gasteiger partial charge in [0, 0.05) is 0 Å². The molecular weight excluding hydrogens is 264 g/mol. The molecule has 2 rings (SSSR count). The van der Waals surface area contributed by atoms with Gasteiger partial charge in [0.25, 0.3) is 0 Å². The molecule has 0 aromatic carbocycles. The third kappa shape index (κ3) is 6.09. The largest absolute Gasteiger partial charge is 0.0710 e. The summed E-state index contributed by atoms with van der Waals surface area (Å²) in [6.07, 6.45) is 23.4. The third-order valence-electron chi connectivity index (χ3n) is 6.35. The molecule has 0 heteroatoms. The van der Waals surface area contributed by atoms with Gasteiger partial charge in [-0.15, -0.1) is 0 Å². The van der Waals surface area contributed by atoms with Crippen LogP contribution in [0.3, 0.4) is 0 Å². The van der Waals surface area contributed by atoms with Crippen molar-refractivity contribution in [1.82, 2.24) is 0 Å². The second kappa shape index (κ2) is 10.5. The van der Waals surface area contributed by atoms with Gasteiger partial charge in [0.2, 0.25) is 0 Å². The molecule has 2 aliphatic rings. The molecule has 0 unspecified atom stereocenters. The molecule has 2 saturated carbocycles. The van der Waals surface area contributed by atoms with Crippen LogP contribution in [0.4, 0.5) is 0 Å². The van der Waals surface area contributed by atoms with Crippen LogP contribution in [0.2, 0.25) is 0 Å².